The molecule has 14 heavy (non-hydrogen) atoms. The van der Waals surface area contributed by atoms with Crippen LogP contribution in [-0.4, -0.2) is 23.4 Å². The van der Waals surface area contributed by atoms with Gasteiger partial charge >= 0.3 is 0 Å². The molecule has 1 rings (SSSR count). The van der Waals surface area contributed by atoms with Crippen molar-refractivity contribution in [3.05, 3.63) is 23.8 Å². The molecule has 0 aromatic heterocycles. The van der Waals surface area contributed by atoms with Crippen LogP contribution in [0.2, 0.25) is 0 Å². The van der Waals surface area contributed by atoms with E-state index in [9.17, 15) is 10.2 Å². The van der Waals surface area contributed by atoms with Crippen LogP contribution in [0.4, 0.5) is 0 Å². The van der Waals surface area contributed by atoms with Gasteiger partial charge in [0.15, 0.2) is 11.5 Å². The van der Waals surface area contributed by atoms with Crippen LogP contribution in [0, 0.1) is 0 Å². The van der Waals surface area contributed by atoms with Gasteiger partial charge in [-0.2, -0.15) is 0 Å². The summed E-state index contributed by atoms with van der Waals surface area (Å²) in [7, 11) is 1.47. The average Bonchev–Trinajstić information content (AvgIpc) is 2.17. The Balaban J connectivity index is 3.09. The first-order valence-electron chi connectivity index (χ1n) is 4.37. The summed E-state index contributed by atoms with van der Waals surface area (Å²) < 4.78 is 4.93. The van der Waals surface area contributed by atoms with Gasteiger partial charge in [-0.3, -0.25) is 0 Å². The Morgan fingerprint density at radius 3 is 2.57 bits per heavy atom. The highest BCUT2D eigenvalue weighted by Gasteiger charge is 2.17. The minimum absolute atomic E-state index is 0.0107. The molecule has 4 N–H and O–H groups in total. The molecule has 0 saturated heterocycles. The predicted molar refractivity (Wildman–Crippen MR) is 53.3 cm³/mol. The SMILES string of the molecule is COc1cccc([C@H](N)[C@H](C)O)c1O. The van der Waals surface area contributed by atoms with Crippen LogP contribution < -0.4 is 10.5 Å². The number of methoxy groups -OCH3 is 1. The van der Waals surface area contributed by atoms with E-state index in [2.05, 4.69) is 0 Å². The van der Waals surface area contributed by atoms with E-state index in [0.717, 1.165) is 0 Å². The van der Waals surface area contributed by atoms with Crippen LogP contribution in [0.15, 0.2) is 18.2 Å². The minimum Gasteiger partial charge on any atom is -0.504 e. The van der Waals surface area contributed by atoms with Crippen molar-refractivity contribution in [2.24, 2.45) is 5.73 Å². The fraction of sp³-hybridized carbons (Fsp3) is 0.400. The molecule has 0 aliphatic carbocycles. The summed E-state index contributed by atoms with van der Waals surface area (Å²) in [4.78, 5) is 0. The Hall–Kier alpha value is -1.26. The molecule has 0 unspecified atom stereocenters. The van der Waals surface area contributed by atoms with Gasteiger partial charge in [0.05, 0.1) is 19.3 Å². The van der Waals surface area contributed by atoms with Crippen LogP contribution in [0.3, 0.4) is 0 Å². The Labute approximate surface area is 82.9 Å². The van der Waals surface area contributed by atoms with Gasteiger partial charge in [-0.05, 0) is 13.0 Å². The number of aliphatic hydroxyl groups is 1. The van der Waals surface area contributed by atoms with E-state index in [1.54, 1.807) is 25.1 Å². The van der Waals surface area contributed by atoms with Crippen molar-refractivity contribution >= 4 is 0 Å². The fourth-order valence-electron chi connectivity index (χ4n) is 1.23. The number of ether oxygens (including phenoxy) is 1. The molecule has 0 spiro atoms. The summed E-state index contributed by atoms with van der Waals surface area (Å²) in [6.45, 7) is 1.57. The van der Waals surface area contributed by atoms with E-state index >= 15 is 0 Å². The van der Waals surface area contributed by atoms with Crippen molar-refractivity contribution in [2.75, 3.05) is 7.11 Å². The Morgan fingerprint density at radius 2 is 2.07 bits per heavy atom. The molecule has 0 aliphatic rings. The molecule has 1 aromatic carbocycles. The van der Waals surface area contributed by atoms with Crippen molar-refractivity contribution < 1.29 is 14.9 Å². The number of hydrogen-bond acceptors (Lipinski definition) is 4. The highest BCUT2D eigenvalue weighted by Crippen LogP contribution is 2.33. The smallest absolute Gasteiger partial charge is 0.162 e. The van der Waals surface area contributed by atoms with Gasteiger partial charge in [0.1, 0.15) is 0 Å². The number of hydrogen-bond donors (Lipinski definition) is 3. The van der Waals surface area contributed by atoms with E-state index in [-0.39, 0.29) is 5.75 Å². The standard InChI is InChI=1S/C10H15NO3/c1-6(12)9(11)7-4-3-5-8(14-2)10(7)13/h3-6,9,12-13H,11H2,1-2H3/t6-,9+/m0/s1. The van der Waals surface area contributed by atoms with Crippen LogP contribution in [0.5, 0.6) is 11.5 Å². The number of phenolic OH excluding ortho intramolecular Hbond substituents is 1. The van der Waals surface area contributed by atoms with E-state index in [1.807, 2.05) is 0 Å². The zero-order valence-corrected chi connectivity index (χ0v) is 8.27. The molecule has 4 heteroatoms. The Kier molecular flexibility index (Phi) is 3.33. The lowest BCUT2D eigenvalue weighted by molar-refractivity contribution is 0.162. The van der Waals surface area contributed by atoms with E-state index in [4.69, 9.17) is 10.5 Å². The molecule has 78 valence electrons. The zero-order valence-electron chi connectivity index (χ0n) is 8.27. The first kappa shape index (κ1) is 10.8. The van der Waals surface area contributed by atoms with Gasteiger partial charge in [0, 0.05) is 5.56 Å². The van der Waals surface area contributed by atoms with Gasteiger partial charge in [-0.25, -0.2) is 0 Å². The van der Waals surface area contributed by atoms with Crippen molar-refractivity contribution in [3.8, 4) is 11.5 Å². The summed E-state index contributed by atoms with van der Waals surface area (Å²) in [5.74, 6) is 0.349. The zero-order chi connectivity index (χ0) is 10.7. The van der Waals surface area contributed by atoms with E-state index in [1.165, 1.54) is 7.11 Å². The summed E-state index contributed by atoms with van der Waals surface area (Å²) >= 11 is 0. The predicted octanol–water partition coefficient (Wildman–Crippen LogP) is 0.781. The molecule has 1 aromatic rings. The normalized spacial score (nSPS) is 14.9. The van der Waals surface area contributed by atoms with Gasteiger partial charge in [0.2, 0.25) is 0 Å². The molecule has 0 saturated carbocycles. The van der Waals surface area contributed by atoms with E-state index < -0.39 is 12.1 Å². The number of aliphatic hydroxyl groups excluding tert-OH is 1. The quantitative estimate of drug-likeness (QED) is 0.669. The Morgan fingerprint density at radius 1 is 1.43 bits per heavy atom. The van der Waals surface area contributed by atoms with E-state index in [0.29, 0.717) is 11.3 Å². The lowest BCUT2D eigenvalue weighted by Crippen LogP contribution is -2.23. The first-order valence-corrected chi connectivity index (χ1v) is 4.37. The van der Waals surface area contributed by atoms with Gasteiger partial charge in [-0.15, -0.1) is 0 Å². The van der Waals surface area contributed by atoms with Crippen LogP contribution in [-0.2, 0) is 0 Å². The molecule has 0 radical (unpaired) electrons. The molecular weight excluding hydrogens is 182 g/mol. The summed E-state index contributed by atoms with van der Waals surface area (Å²) in [5.41, 5.74) is 6.18. The van der Waals surface area contributed by atoms with Crippen LogP contribution in [0.25, 0.3) is 0 Å². The van der Waals surface area contributed by atoms with Crippen LogP contribution in [0.1, 0.15) is 18.5 Å². The molecule has 0 heterocycles. The third kappa shape index (κ3) is 1.97. The summed E-state index contributed by atoms with van der Waals surface area (Å²) in [6, 6.07) is 4.41. The van der Waals surface area contributed by atoms with Gasteiger partial charge in [0.25, 0.3) is 0 Å². The molecular formula is C10H15NO3. The fourth-order valence-corrected chi connectivity index (χ4v) is 1.23. The largest absolute Gasteiger partial charge is 0.504 e. The molecule has 0 aliphatic heterocycles. The molecule has 0 bridgehead atoms. The molecule has 0 amide bonds. The summed E-state index contributed by atoms with van der Waals surface area (Å²) in [6.07, 6.45) is -0.715. The third-order valence-corrected chi connectivity index (χ3v) is 2.13. The number of benzene rings is 1. The third-order valence-electron chi connectivity index (χ3n) is 2.13. The second-order valence-electron chi connectivity index (χ2n) is 3.16. The molecule has 4 nitrogen and oxygen atoms in total. The van der Waals surface area contributed by atoms with Gasteiger partial charge < -0.3 is 20.7 Å². The maximum absolute atomic E-state index is 9.69. The lowest BCUT2D eigenvalue weighted by Gasteiger charge is -2.17. The molecule has 2 atom stereocenters. The van der Waals surface area contributed by atoms with Crippen molar-refractivity contribution in [2.45, 2.75) is 19.1 Å². The monoisotopic (exact) mass is 197 g/mol. The first-order chi connectivity index (χ1) is 6.57. The number of aromatic hydroxyl groups is 1. The maximum Gasteiger partial charge on any atom is 0.162 e. The lowest BCUT2D eigenvalue weighted by atomic mass is 10.0. The Bertz CT molecular complexity index is 312. The van der Waals surface area contributed by atoms with Gasteiger partial charge in [-0.1, -0.05) is 12.1 Å². The van der Waals surface area contributed by atoms with Crippen molar-refractivity contribution in [3.63, 3.8) is 0 Å². The van der Waals surface area contributed by atoms with Crippen LogP contribution >= 0.6 is 0 Å². The highest BCUT2D eigenvalue weighted by molar-refractivity contribution is 5.46. The minimum atomic E-state index is -0.715. The number of para-hydroxylation sites is 1. The van der Waals surface area contributed by atoms with Crippen molar-refractivity contribution in [1.29, 1.82) is 0 Å². The highest BCUT2D eigenvalue weighted by atomic mass is 16.5. The van der Waals surface area contributed by atoms with Crippen molar-refractivity contribution in [1.82, 2.24) is 0 Å². The second-order valence-corrected chi connectivity index (χ2v) is 3.16. The summed E-state index contributed by atoms with van der Waals surface area (Å²) in [5, 5.41) is 19.0. The number of rotatable bonds is 3. The number of phenols is 1. The molecule has 0 fully saturated rings. The average molecular weight is 197 g/mol. The topological polar surface area (TPSA) is 75.7 Å². The second kappa shape index (κ2) is 4.30. The number of nitrogens with two attached hydrogens (primary N) is 1. The maximum atomic E-state index is 9.69.